The first-order chi connectivity index (χ1) is 11.2. The molecule has 0 bridgehead atoms. The Morgan fingerprint density at radius 2 is 2.08 bits per heavy atom. The van der Waals surface area contributed by atoms with Crippen molar-refractivity contribution < 1.29 is 19.1 Å². The molecule has 9 heteroatoms. The van der Waals surface area contributed by atoms with E-state index in [1.165, 1.54) is 4.90 Å². The first-order valence-electron chi connectivity index (χ1n) is 8.59. The van der Waals surface area contributed by atoms with Crippen molar-refractivity contribution in [3.8, 4) is 0 Å². The van der Waals surface area contributed by atoms with E-state index in [-0.39, 0.29) is 24.1 Å². The highest BCUT2D eigenvalue weighted by molar-refractivity contribution is 6.74. The summed E-state index contributed by atoms with van der Waals surface area (Å²) >= 11 is 0. The van der Waals surface area contributed by atoms with Gasteiger partial charge in [-0.05, 0) is 43.4 Å². The van der Waals surface area contributed by atoms with Crippen LogP contribution >= 0.6 is 0 Å². The second-order valence-corrected chi connectivity index (χ2v) is 13.5. The minimum absolute atomic E-state index is 0.0213. The van der Waals surface area contributed by atoms with Gasteiger partial charge in [0.25, 0.3) is 0 Å². The molecule has 1 amide bonds. The van der Waals surface area contributed by atoms with Crippen molar-refractivity contribution in [2.45, 2.75) is 77.5 Å². The Balaban J connectivity index is 3.23. The molecule has 1 rings (SSSR count). The van der Waals surface area contributed by atoms with Gasteiger partial charge in [0.15, 0.2) is 8.32 Å². The third kappa shape index (κ3) is 4.88. The topological polar surface area (TPSA) is 108 Å². The average molecular weight is 373 g/mol. The zero-order chi connectivity index (χ0) is 19.6. The number of hydrogen-bond acceptors (Lipinski definition) is 4. The molecule has 144 valence electrons. The van der Waals surface area contributed by atoms with Gasteiger partial charge < -0.3 is 14.3 Å². The lowest BCUT2D eigenvalue weighted by molar-refractivity contribution is -0.0479. The van der Waals surface area contributed by atoms with E-state index in [2.05, 4.69) is 43.9 Å². The predicted molar refractivity (Wildman–Crippen MR) is 98.9 cm³/mol. The minimum atomic E-state index is -2.16. The molecule has 8 nitrogen and oxygen atoms in total. The van der Waals surface area contributed by atoms with E-state index in [4.69, 9.17) is 14.7 Å². The van der Waals surface area contributed by atoms with E-state index in [1.807, 2.05) is 6.92 Å². The highest BCUT2D eigenvalue weighted by Crippen LogP contribution is 2.40. The maximum Gasteiger partial charge on any atom is 0.409 e. The molecule has 0 spiro atoms. The zero-order valence-corrected chi connectivity index (χ0v) is 17.6. The Labute approximate surface area is 151 Å². The standard InChI is InChI=1S/C16H32N4O4Si/c1-11(9-18-19-17)13(24-25(7,8)15(2,3)4)12-10-23-16(5,6)20(12)14(21)22/h11-13H,9-10H2,1-8H3,(H,21,22)/t11-,12+,13?/m0/s1. The Hall–Kier alpha value is -1.28. The number of azide groups is 1. The van der Waals surface area contributed by atoms with Gasteiger partial charge in [0, 0.05) is 11.5 Å². The number of rotatable bonds is 6. The summed E-state index contributed by atoms with van der Waals surface area (Å²) in [6.07, 6.45) is -1.43. The SMILES string of the molecule is C[C@@H](CN=[N+]=[N-])C(O[Si](C)(C)C(C)(C)C)[C@H]1COC(C)(C)N1C(=O)O. The molecule has 0 aromatic rings. The van der Waals surface area contributed by atoms with Crippen LogP contribution in [0.5, 0.6) is 0 Å². The van der Waals surface area contributed by atoms with Crippen LogP contribution in [0.4, 0.5) is 4.79 Å². The molecule has 1 fully saturated rings. The third-order valence-electron chi connectivity index (χ3n) is 5.34. The summed E-state index contributed by atoms with van der Waals surface area (Å²) in [4.78, 5) is 16.0. The maximum absolute atomic E-state index is 11.9. The second kappa shape index (κ2) is 7.53. The first kappa shape index (κ1) is 21.8. The van der Waals surface area contributed by atoms with Gasteiger partial charge in [0.1, 0.15) is 5.72 Å². The highest BCUT2D eigenvalue weighted by atomic mass is 28.4. The lowest BCUT2D eigenvalue weighted by Crippen LogP contribution is -2.57. The maximum atomic E-state index is 11.9. The van der Waals surface area contributed by atoms with Gasteiger partial charge in [0.05, 0.1) is 18.8 Å². The average Bonchev–Trinajstić information content (AvgIpc) is 2.76. The third-order valence-corrected chi connectivity index (χ3v) is 9.81. The molecular weight excluding hydrogens is 340 g/mol. The van der Waals surface area contributed by atoms with Crippen molar-refractivity contribution in [1.29, 1.82) is 0 Å². The molecular formula is C16H32N4O4Si. The fourth-order valence-electron chi connectivity index (χ4n) is 2.81. The molecule has 1 aliphatic heterocycles. The van der Waals surface area contributed by atoms with Crippen LogP contribution in [0.25, 0.3) is 10.4 Å². The molecule has 0 aliphatic carbocycles. The van der Waals surface area contributed by atoms with Crippen LogP contribution in [0.15, 0.2) is 5.11 Å². The normalized spacial score (nSPS) is 23.0. The van der Waals surface area contributed by atoms with Gasteiger partial charge >= 0.3 is 6.09 Å². The summed E-state index contributed by atoms with van der Waals surface area (Å²) in [6, 6.07) is -0.439. The van der Waals surface area contributed by atoms with Gasteiger partial charge in [-0.1, -0.05) is 32.8 Å². The van der Waals surface area contributed by atoms with E-state index < -0.39 is 32.3 Å². The van der Waals surface area contributed by atoms with Gasteiger partial charge in [-0.25, -0.2) is 4.79 Å². The lowest BCUT2D eigenvalue weighted by atomic mass is 9.97. The van der Waals surface area contributed by atoms with E-state index in [0.717, 1.165) is 0 Å². The molecule has 0 radical (unpaired) electrons. The number of hydrogen-bond donors (Lipinski definition) is 1. The van der Waals surface area contributed by atoms with E-state index in [1.54, 1.807) is 13.8 Å². The van der Waals surface area contributed by atoms with E-state index >= 15 is 0 Å². The molecule has 3 atom stereocenters. The summed E-state index contributed by atoms with van der Waals surface area (Å²) in [6.45, 7) is 16.6. The van der Waals surface area contributed by atoms with Crippen molar-refractivity contribution in [2.75, 3.05) is 13.2 Å². The molecule has 0 saturated carbocycles. The van der Waals surface area contributed by atoms with Crippen LogP contribution in [-0.4, -0.2) is 55.4 Å². The lowest BCUT2D eigenvalue weighted by Gasteiger charge is -2.44. The molecule has 1 N–H and O–H groups in total. The van der Waals surface area contributed by atoms with Gasteiger partial charge in [-0.15, -0.1) is 0 Å². The van der Waals surface area contributed by atoms with Crippen LogP contribution in [-0.2, 0) is 9.16 Å². The van der Waals surface area contributed by atoms with Crippen molar-refractivity contribution in [3.63, 3.8) is 0 Å². The van der Waals surface area contributed by atoms with Crippen LogP contribution in [0, 0.1) is 5.92 Å². The van der Waals surface area contributed by atoms with Gasteiger partial charge in [0.2, 0.25) is 0 Å². The highest BCUT2D eigenvalue weighted by Gasteiger charge is 2.51. The molecule has 1 saturated heterocycles. The number of carbonyl (C=O) groups is 1. The number of nitrogens with zero attached hydrogens (tertiary/aromatic N) is 4. The van der Waals surface area contributed by atoms with Crippen molar-refractivity contribution in [3.05, 3.63) is 10.4 Å². The van der Waals surface area contributed by atoms with Crippen molar-refractivity contribution in [2.24, 2.45) is 11.0 Å². The van der Waals surface area contributed by atoms with Crippen LogP contribution in [0.3, 0.4) is 0 Å². The van der Waals surface area contributed by atoms with Crippen molar-refractivity contribution >= 4 is 14.4 Å². The summed E-state index contributed by atoms with van der Waals surface area (Å²) in [7, 11) is -2.16. The minimum Gasteiger partial charge on any atom is -0.465 e. The van der Waals surface area contributed by atoms with E-state index in [9.17, 15) is 9.90 Å². The largest absolute Gasteiger partial charge is 0.465 e. The molecule has 1 aliphatic rings. The Morgan fingerprint density at radius 3 is 2.52 bits per heavy atom. The van der Waals surface area contributed by atoms with Crippen LogP contribution in [0.2, 0.25) is 18.1 Å². The summed E-state index contributed by atoms with van der Waals surface area (Å²) in [5.41, 5.74) is 7.73. The van der Waals surface area contributed by atoms with Gasteiger partial charge in [-0.3, -0.25) is 4.90 Å². The summed E-state index contributed by atoms with van der Waals surface area (Å²) in [5.74, 6) is -0.130. The Morgan fingerprint density at radius 1 is 1.52 bits per heavy atom. The monoisotopic (exact) mass is 372 g/mol. The number of ether oxygens (including phenoxy) is 1. The van der Waals surface area contributed by atoms with E-state index in [0.29, 0.717) is 0 Å². The Bertz CT molecular complexity index is 541. The second-order valence-electron chi connectivity index (χ2n) is 8.71. The summed E-state index contributed by atoms with van der Waals surface area (Å²) in [5, 5.41) is 13.4. The molecule has 1 heterocycles. The molecule has 0 aromatic heterocycles. The molecule has 1 unspecified atom stereocenters. The van der Waals surface area contributed by atoms with Crippen LogP contribution in [0.1, 0.15) is 41.5 Å². The Kier molecular flexibility index (Phi) is 6.55. The fourth-order valence-corrected chi connectivity index (χ4v) is 4.23. The summed E-state index contributed by atoms with van der Waals surface area (Å²) < 4.78 is 12.3. The zero-order valence-electron chi connectivity index (χ0n) is 16.6. The number of amides is 1. The quantitative estimate of drug-likeness (QED) is 0.322. The number of carboxylic acid groups (broad SMARTS) is 1. The van der Waals surface area contributed by atoms with Gasteiger partial charge in [-0.2, -0.15) is 0 Å². The predicted octanol–water partition coefficient (Wildman–Crippen LogP) is 4.44. The van der Waals surface area contributed by atoms with Crippen molar-refractivity contribution in [1.82, 2.24) is 4.90 Å². The fraction of sp³-hybridized carbons (Fsp3) is 0.938. The molecule has 25 heavy (non-hydrogen) atoms. The first-order valence-corrected chi connectivity index (χ1v) is 11.5. The molecule has 0 aromatic carbocycles. The smallest absolute Gasteiger partial charge is 0.409 e. The van der Waals surface area contributed by atoms with Crippen LogP contribution < -0.4 is 0 Å².